The van der Waals surface area contributed by atoms with E-state index in [0.717, 1.165) is 29.1 Å². The van der Waals surface area contributed by atoms with Crippen LogP contribution in [-0.4, -0.2) is 12.4 Å². The Morgan fingerprint density at radius 2 is 1.92 bits per heavy atom. The summed E-state index contributed by atoms with van der Waals surface area (Å²) in [6.45, 7) is 0.584. The molecular weight excluding hydrogens is 300 g/mol. The molecule has 0 saturated carbocycles. The number of amidine groups is 1. The fraction of sp³-hybridized carbons (Fsp3) is 0.105. The third kappa shape index (κ3) is 3.41. The van der Waals surface area contributed by atoms with Gasteiger partial charge >= 0.3 is 0 Å². The molecule has 24 heavy (non-hydrogen) atoms. The van der Waals surface area contributed by atoms with Crippen LogP contribution in [0.4, 0.5) is 0 Å². The van der Waals surface area contributed by atoms with Crippen LogP contribution in [-0.2, 0) is 0 Å². The van der Waals surface area contributed by atoms with Crippen molar-refractivity contribution in [1.29, 1.82) is 5.41 Å². The third-order valence-electron chi connectivity index (χ3n) is 3.81. The molecule has 0 radical (unpaired) electrons. The van der Waals surface area contributed by atoms with Crippen molar-refractivity contribution >= 4 is 5.84 Å². The molecule has 0 fully saturated rings. The average Bonchev–Trinajstić information content (AvgIpc) is 2.81. The second-order valence-corrected chi connectivity index (χ2v) is 5.50. The lowest BCUT2D eigenvalue weighted by Gasteiger charge is -2.20. The van der Waals surface area contributed by atoms with Crippen molar-refractivity contribution in [3.05, 3.63) is 89.0 Å². The zero-order valence-corrected chi connectivity index (χ0v) is 13.3. The Balaban J connectivity index is 1.84. The van der Waals surface area contributed by atoms with Crippen LogP contribution in [0.1, 0.15) is 6.42 Å². The molecule has 0 amide bonds. The predicted molar refractivity (Wildman–Crippen MR) is 96.2 cm³/mol. The highest BCUT2D eigenvalue weighted by Gasteiger charge is 2.18. The number of rotatable bonds is 4. The van der Waals surface area contributed by atoms with Crippen LogP contribution in [0.2, 0.25) is 0 Å². The third-order valence-corrected chi connectivity index (χ3v) is 3.81. The van der Waals surface area contributed by atoms with E-state index >= 15 is 0 Å². The summed E-state index contributed by atoms with van der Waals surface area (Å²) in [5, 5.41) is 10.9. The molecule has 2 aliphatic rings. The topological polar surface area (TPSA) is 97.2 Å². The van der Waals surface area contributed by atoms with E-state index in [0.29, 0.717) is 17.8 Å². The molecule has 0 unspecified atom stereocenters. The van der Waals surface area contributed by atoms with Gasteiger partial charge in [0.2, 0.25) is 0 Å². The highest BCUT2D eigenvalue weighted by atomic mass is 16.5. The Morgan fingerprint density at radius 1 is 1.12 bits per heavy atom. The van der Waals surface area contributed by atoms with E-state index in [4.69, 9.17) is 21.6 Å². The number of dihydropyridines is 1. The smallest absolute Gasteiger partial charge is 0.127 e. The van der Waals surface area contributed by atoms with Crippen LogP contribution < -0.4 is 21.5 Å². The maximum Gasteiger partial charge on any atom is 0.127 e. The quantitative estimate of drug-likeness (QED) is 0.506. The van der Waals surface area contributed by atoms with E-state index < -0.39 is 0 Å². The minimum atomic E-state index is -0.0208. The van der Waals surface area contributed by atoms with Crippen LogP contribution in [0, 0.1) is 5.41 Å². The first-order valence-electron chi connectivity index (χ1n) is 7.74. The summed E-state index contributed by atoms with van der Waals surface area (Å²) in [6, 6.07) is 9.66. The van der Waals surface area contributed by atoms with Crippen molar-refractivity contribution < 1.29 is 4.74 Å². The van der Waals surface area contributed by atoms with Crippen molar-refractivity contribution in [2.75, 3.05) is 6.54 Å². The lowest BCUT2D eigenvalue weighted by molar-refractivity contribution is 0.443. The van der Waals surface area contributed by atoms with Crippen LogP contribution in [0.25, 0.3) is 0 Å². The van der Waals surface area contributed by atoms with Crippen molar-refractivity contribution in [3.8, 4) is 5.75 Å². The normalized spacial score (nSPS) is 17.2. The van der Waals surface area contributed by atoms with E-state index in [1.54, 1.807) is 6.20 Å². The average molecular weight is 320 g/mol. The first kappa shape index (κ1) is 15.7. The first-order chi connectivity index (χ1) is 11.6. The number of para-hydroxylation sites is 1. The van der Waals surface area contributed by atoms with Crippen molar-refractivity contribution in [3.63, 3.8) is 0 Å². The van der Waals surface area contributed by atoms with Crippen molar-refractivity contribution in [1.82, 2.24) is 5.32 Å². The highest BCUT2D eigenvalue weighted by molar-refractivity contribution is 6.00. The zero-order valence-electron chi connectivity index (χ0n) is 13.3. The Kier molecular flexibility index (Phi) is 4.52. The van der Waals surface area contributed by atoms with Gasteiger partial charge in [-0.05, 0) is 41.9 Å². The minimum absolute atomic E-state index is 0.0208. The molecule has 6 N–H and O–H groups in total. The number of allylic oxidation sites excluding steroid dienone is 4. The fourth-order valence-corrected chi connectivity index (χ4v) is 2.70. The van der Waals surface area contributed by atoms with Gasteiger partial charge in [-0.15, -0.1) is 0 Å². The van der Waals surface area contributed by atoms with E-state index in [1.165, 1.54) is 0 Å². The van der Waals surface area contributed by atoms with E-state index in [1.807, 2.05) is 48.6 Å². The Hall–Kier alpha value is -3.21. The standard InChI is InChI=1S/C19H20N4O/c20-17-12-23-11-16(18(17)19(21)22)13-5-4-8-15(10-9-13)24-14-6-2-1-3-7-14/h1-3,5-10,12,23H,4,11,20H2,(H3,21,22). The molecular formula is C19H20N4O. The van der Waals surface area contributed by atoms with E-state index in [-0.39, 0.29) is 5.84 Å². The van der Waals surface area contributed by atoms with Gasteiger partial charge in [-0.2, -0.15) is 0 Å². The summed E-state index contributed by atoms with van der Waals surface area (Å²) in [4.78, 5) is 0. The second kappa shape index (κ2) is 6.91. The molecule has 3 rings (SSSR count). The van der Waals surface area contributed by atoms with Gasteiger partial charge in [0.1, 0.15) is 17.3 Å². The number of nitrogens with one attached hydrogen (secondary N) is 2. The summed E-state index contributed by atoms with van der Waals surface area (Å²) in [5.41, 5.74) is 14.7. The Labute approximate surface area is 141 Å². The molecule has 5 heteroatoms. The molecule has 0 aromatic heterocycles. The van der Waals surface area contributed by atoms with Crippen LogP contribution >= 0.6 is 0 Å². The molecule has 1 aromatic carbocycles. The molecule has 0 saturated heterocycles. The maximum absolute atomic E-state index is 7.79. The molecule has 5 nitrogen and oxygen atoms in total. The summed E-state index contributed by atoms with van der Waals surface area (Å²) in [6.07, 6.45) is 10.4. The van der Waals surface area contributed by atoms with Gasteiger partial charge in [0.25, 0.3) is 0 Å². The van der Waals surface area contributed by atoms with Gasteiger partial charge < -0.3 is 21.5 Å². The number of benzene rings is 1. The van der Waals surface area contributed by atoms with Crippen molar-refractivity contribution in [2.24, 2.45) is 11.5 Å². The zero-order chi connectivity index (χ0) is 16.9. The summed E-state index contributed by atoms with van der Waals surface area (Å²) >= 11 is 0. The molecule has 1 aromatic rings. The second-order valence-electron chi connectivity index (χ2n) is 5.50. The van der Waals surface area contributed by atoms with Crippen LogP contribution in [0.3, 0.4) is 0 Å². The highest BCUT2D eigenvalue weighted by Crippen LogP contribution is 2.25. The SMILES string of the molecule is N=C(N)C1=C(C2=CCC=C(Oc3ccccc3)C=C2)CNC=C1N. The Morgan fingerprint density at radius 3 is 2.67 bits per heavy atom. The molecule has 122 valence electrons. The summed E-state index contributed by atoms with van der Waals surface area (Å²) in [7, 11) is 0. The number of hydrogen-bond acceptors (Lipinski definition) is 4. The lowest BCUT2D eigenvalue weighted by atomic mass is 9.94. The van der Waals surface area contributed by atoms with E-state index in [9.17, 15) is 0 Å². The van der Waals surface area contributed by atoms with Gasteiger partial charge in [-0.1, -0.05) is 30.4 Å². The van der Waals surface area contributed by atoms with Gasteiger partial charge in [-0.3, -0.25) is 5.41 Å². The molecule has 1 heterocycles. The van der Waals surface area contributed by atoms with Gasteiger partial charge in [0, 0.05) is 18.3 Å². The van der Waals surface area contributed by atoms with Crippen LogP contribution in [0.5, 0.6) is 5.75 Å². The summed E-state index contributed by atoms with van der Waals surface area (Å²) < 4.78 is 5.87. The van der Waals surface area contributed by atoms with Gasteiger partial charge in [-0.25, -0.2) is 0 Å². The molecule has 0 atom stereocenters. The molecule has 0 bridgehead atoms. The fourth-order valence-electron chi connectivity index (χ4n) is 2.70. The number of ether oxygens (including phenoxy) is 1. The number of hydrogen-bond donors (Lipinski definition) is 4. The number of nitrogens with two attached hydrogens (primary N) is 2. The Bertz CT molecular complexity index is 798. The monoisotopic (exact) mass is 320 g/mol. The van der Waals surface area contributed by atoms with Crippen molar-refractivity contribution in [2.45, 2.75) is 6.42 Å². The van der Waals surface area contributed by atoms with Crippen LogP contribution in [0.15, 0.2) is 89.0 Å². The molecule has 1 aliphatic carbocycles. The van der Waals surface area contributed by atoms with Gasteiger partial charge in [0.05, 0.1) is 5.70 Å². The first-order valence-corrected chi connectivity index (χ1v) is 7.74. The van der Waals surface area contributed by atoms with Gasteiger partial charge in [0.15, 0.2) is 0 Å². The van der Waals surface area contributed by atoms with E-state index in [2.05, 4.69) is 11.4 Å². The maximum atomic E-state index is 7.79. The lowest BCUT2D eigenvalue weighted by Crippen LogP contribution is -2.29. The minimum Gasteiger partial charge on any atom is -0.458 e. The molecule has 0 spiro atoms. The predicted octanol–water partition coefficient (Wildman–Crippen LogP) is 2.47. The molecule has 1 aliphatic heterocycles. The largest absolute Gasteiger partial charge is 0.458 e. The summed E-state index contributed by atoms with van der Waals surface area (Å²) in [5.74, 6) is 1.56.